The highest BCUT2D eigenvalue weighted by molar-refractivity contribution is 7.90. The van der Waals surface area contributed by atoms with Crippen molar-refractivity contribution in [2.24, 2.45) is 0 Å². The zero-order valence-electron chi connectivity index (χ0n) is 11.6. The van der Waals surface area contributed by atoms with Gasteiger partial charge in [0.2, 0.25) is 0 Å². The van der Waals surface area contributed by atoms with Gasteiger partial charge in [-0.2, -0.15) is 0 Å². The molecule has 20 heavy (non-hydrogen) atoms. The van der Waals surface area contributed by atoms with E-state index >= 15 is 0 Å². The van der Waals surface area contributed by atoms with Crippen LogP contribution in [0.5, 0.6) is 0 Å². The Hall–Kier alpha value is -1.38. The monoisotopic (exact) mass is 298 g/mol. The fraction of sp³-hybridized carbons (Fsp3) is 0.222. The van der Waals surface area contributed by atoms with Gasteiger partial charge in [-0.05, 0) is 29.5 Å². The van der Waals surface area contributed by atoms with Crippen LogP contribution in [-0.2, 0) is 6.42 Å². The van der Waals surface area contributed by atoms with Gasteiger partial charge in [0.05, 0.1) is 9.73 Å². The molecule has 0 spiro atoms. The lowest BCUT2D eigenvalue weighted by Crippen LogP contribution is -2.11. The smallest absolute Gasteiger partial charge is 0.0636 e. The van der Waals surface area contributed by atoms with Gasteiger partial charge in [-0.15, -0.1) is 0 Å². The van der Waals surface area contributed by atoms with Gasteiger partial charge in [-0.1, -0.05) is 92.4 Å². The van der Waals surface area contributed by atoms with Gasteiger partial charge in [-0.25, -0.2) is 0 Å². The van der Waals surface area contributed by atoms with Gasteiger partial charge in [0.1, 0.15) is 0 Å². The molecule has 2 aromatic rings. The van der Waals surface area contributed by atoms with Gasteiger partial charge in [0.15, 0.2) is 0 Å². The third kappa shape index (κ3) is 3.81. The second-order valence-corrected chi connectivity index (χ2v) is 5.64. The molecule has 0 fully saturated rings. The number of unbranched alkanes of at least 4 members (excludes halogenated alkanes) is 1. The Balaban J connectivity index is 2.11. The average Bonchev–Trinajstić information content (AvgIpc) is 2.53. The van der Waals surface area contributed by atoms with Crippen molar-refractivity contribution in [1.29, 1.82) is 0 Å². The van der Waals surface area contributed by atoms with E-state index in [4.69, 9.17) is 24.4 Å². The molecule has 0 aliphatic carbocycles. The lowest BCUT2D eigenvalue weighted by molar-refractivity contribution is 0.795. The second kappa shape index (κ2) is 7.41. The minimum absolute atomic E-state index is 0.752. The van der Waals surface area contributed by atoms with Gasteiger partial charge in [-0.3, -0.25) is 0 Å². The molecule has 0 saturated heterocycles. The molecule has 0 aliphatic rings. The summed E-state index contributed by atoms with van der Waals surface area (Å²) < 4.78 is 0. The van der Waals surface area contributed by atoms with Crippen LogP contribution >= 0.6 is 24.4 Å². The number of hydrogen-bond donors (Lipinski definition) is 0. The highest BCUT2D eigenvalue weighted by atomic mass is 32.1. The van der Waals surface area contributed by atoms with Crippen molar-refractivity contribution in [3.8, 4) is 0 Å². The minimum Gasteiger partial charge on any atom is -0.0778 e. The third-order valence-corrected chi connectivity index (χ3v) is 4.29. The SMILES string of the molecule is CCCCc1ccc(C(=S)C(=S)c2ccccc2)cc1. The summed E-state index contributed by atoms with van der Waals surface area (Å²) in [5.41, 5.74) is 3.42. The fourth-order valence-corrected chi connectivity index (χ4v) is 2.56. The van der Waals surface area contributed by atoms with Crippen molar-refractivity contribution >= 4 is 34.2 Å². The Morgan fingerprint density at radius 1 is 0.800 bits per heavy atom. The van der Waals surface area contributed by atoms with E-state index in [0.717, 1.165) is 27.3 Å². The molecule has 0 heterocycles. The van der Waals surface area contributed by atoms with Crippen LogP contribution in [-0.4, -0.2) is 9.73 Å². The molecule has 0 unspecified atom stereocenters. The molecule has 0 bridgehead atoms. The first-order valence-electron chi connectivity index (χ1n) is 6.95. The maximum Gasteiger partial charge on any atom is 0.0636 e. The number of hydrogen-bond acceptors (Lipinski definition) is 2. The molecule has 102 valence electrons. The number of aryl methyl sites for hydroxylation is 1. The average molecular weight is 298 g/mol. The molecular formula is C18H18S2. The van der Waals surface area contributed by atoms with Gasteiger partial charge in [0, 0.05) is 0 Å². The summed E-state index contributed by atoms with van der Waals surface area (Å²) in [4.78, 5) is 1.51. The number of rotatable bonds is 6. The Morgan fingerprint density at radius 2 is 1.35 bits per heavy atom. The molecule has 2 rings (SSSR count). The molecule has 0 saturated carbocycles. The van der Waals surface area contributed by atoms with Crippen LogP contribution in [0.4, 0.5) is 0 Å². The summed E-state index contributed by atoms with van der Waals surface area (Å²) in [5.74, 6) is 0. The van der Waals surface area contributed by atoms with E-state index in [9.17, 15) is 0 Å². The van der Waals surface area contributed by atoms with E-state index in [1.54, 1.807) is 0 Å². The predicted octanol–water partition coefficient (Wildman–Crippen LogP) is 5.17. The third-order valence-electron chi connectivity index (χ3n) is 3.28. The topological polar surface area (TPSA) is 0 Å². The van der Waals surface area contributed by atoms with Crippen LogP contribution in [0, 0.1) is 0 Å². The minimum atomic E-state index is 0.752. The maximum atomic E-state index is 5.51. The van der Waals surface area contributed by atoms with Crippen molar-refractivity contribution in [3.05, 3.63) is 71.3 Å². The molecule has 0 N–H and O–H groups in total. The van der Waals surface area contributed by atoms with Gasteiger partial charge < -0.3 is 0 Å². The molecule has 0 aliphatic heterocycles. The molecule has 0 nitrogen and oxygen atoms in total. The van der Waals surface area contributed by atoms with Gasteiger partial charge >= 0.3 is 0 Å². The van der Waals surface area contributed by atoms with E-state index in [-0.39, 0.29) is 0 Å². The van der Waals surface area contributed by atoms with Gasteiger partial charge in [0.25, 0.3) is 0 Å². The summed E-state index contributed by atoms with van der Waals surface area (Å²) in [5, 5.41) is 0. The van der Waals surface area contributed by atoms with Crippen molar-refractivity contribution in [2.75, 3.05) is 0 Å². The first-order valence-corrected chi connectivity index (χ1v) is 7.77. The number of thiocarbonyl (C=S) groups is 2. The van der Waals surface area contributed by atoms with Crippen LogP contribution in [0.1, 0.15) is 36.5 Å². The maximum absolute atomic E-state index is 5.51. The molecule has 2 heteroatoms. The number of benzene rings is 2. The van der Waals surface area contributed by atoms with Crippen LogP contribution in [0.15, 0.2) is 54.6 Å². The lowest BCUT2D eigenvalue weighted by atomic mass is 10.0. The highest BCUT2D eigenvalue weighted by Gasteiger charge is 2.09. The first kappa shape index (κ1) is 15.0. The molecular weight excluding hydrogens is 280 g/mol. The van der Waals surface area contributed by atoms with Crippen molar-refractivity contribution in [3.63, 3.8) is 0 Å². The van der Waals surface area contributed by atoms with Crippen LogP contribution < -0.4 is 0 Å². The summed E-state index contributed by atoms with van der Waals surface area (Å²) in [6.07, 6.45) is 3.58. The van der Waals surface area contributed by atoms with E-state index in [1.807, 2.05) is 30.3 Å². The van der Waals surface area contributed by atoms with E-state index in [2.05, 4.69) is 31.2 Å². The van der Waals surface area contributed by atoms with E-state index in [0.29, 0.717) is 0 Å². The molecule has 0 aromatic heterocycles. The lowest BCUT2D eigenvalue weighted by Gasteiger charge is -2.07. The zero-order valence-corrected chi connectivity index (χ0v) is 13.3. The molecule has 2 aromatic carbocycles. The molecule has 0 amide bonds. The quantitative estimate of drug-likeness (QED) is 0.533. The standard InChI is InChI=1S/C18H18S2/c1-2-3-7-14-10-12-16(13-11-14)18(20)17(19)15-8-5-4-6-9-15/h4-6,8-13H,2-3,7H2,1H3. The summed E-state index contributed by atoms with van der Waals surface area (Å²) >= 11 is 11.0. The summed E-state index contributed by atoms with van der Waals surface area (Å²) in [7, 11) is 0. The predicted molar refractivity (Wildman–Crippen MR) is 94.9 cm³/mol. The molecule has 0 atom stereocenters. The summed E-state index contributed by atoms with van der Waals surface area (Å²) in [6.45, 7) is 2.21. The largest absolute Gasteiger partial charge is 0.0778 e. The Morgan fingerprint density at radius 3 is 1.90 bits per heavy atom. The Bertz CT molecular complexity index is 583. The molecule has 0 radical (unpaired) electrons. The van der Waals surface area contributed by atoms with Crippen LogP contribution in [0.25, 0.3) is 0 Å². The van der Waals surface area contributed by atoms with Crippen LogP contribution in [0.2, 0.25) is 0 Å². The van der Waals surface area contributed by atoms with E-state index < -0.39 is 0 Å². The second-order valence-electron chi connectivity index (χ2n) is 4.82. The first-order chi connectivity index (χ1) is 9.72. The fourth-order valence-electron chi connectivity index (χ4n) is 2.06. The van der Waals surface area contributed by atoms with Crippen LogP contribution in [0.3, 0.4) is 0 Å². The van der Waals surface area contributed by atoms with Crippen molar-refractivity contribution in [2.45, 2.75) is 26.2 Å². The Labute approximate surface area is 131 Å². The Kier molecular flexibility index (Phi) is 5.57. The normalized spacial score (nSPS) is 10.2. The van der Waals surface area contributed by atoms with Crippen molar-refractivity contribution in [1.82, 2.24) is 0 Å². The van der Waals surface area contributed by atoms with E-state index in [1.165, 1.54) is 18.4 Å². The van der Waals surface area contributed by atoms with Crippen molar-refractivity contribution < 1.29 is 0 Å². The zero-order chi connectivity index (χ0) is 14.4. The highest BCUT2D eigenvalue weighted by Crippen LogP contribution is 2.13. The summed E-state index contributed by atoms with van der Waals surface area (Å²) in [6, 6.07) is 18.4.